The molecule has 0 saturated carbocycles. The molecule has 0 saturated heterocycles. The van der Waals surface area contributed by atoms with Gasteiger partial charge in [0.25, 0.3) is 0 Å². The Morgan fingerprint density at radius 3 is 1.50 bits per heavy atom. The van der Waals surface area contributed by atoms with Crippen molar-refractivity contribution in [3.63, 3.8) is 0 Å². The van der Waals surface area contributed by atoms with Crippen molar-refractivity contribution >= 4 is 5.97 Å². The van der Waals surface area contributed by atoms with Gasteiger partial charge < -0.3 is 4.74 Å². The molecular formula is C24H48O2. The summed E-state index contributed by atoms with van der Waals surface area (Å²) >= 11 is 0. The molecule has 0 aliphatic heterocycles. The van der Waals surface area contributed by atoms with E-state index in [0.717, 1.165) is 25.7 Å². The molecule has 156 valence electrons. The van der Waals surface area contributed by atoms with Crippen LogP contribution in [0.3, 0.4) is 0 Å². The van der Waals surface area contributed by atoms with Crippen molar-refractivity contribution in [2.45, 2.75) is 136 Å². The molecule has 1 unspecified atom stereocenters. The van der Waals surface area contributed by atoms with Gasteiger partial charge in [-0.25, -0.2) is 0 Å². The number of esters is 1. The lowest BCUT2D eigenvalue weighted by Crippen LogP contribution is -2.18. The largest absolute Gasteiger partial charge is 0.465 e. The molecule has 0 aromatic rings. The van der Waals surface area contributed by atoms with Gasteiger partial charge in [-0.1, -0.05) is 117 Å². The SMILES string of the molecule is CCCCCCCCCCCCC(CCCCC)C(=O)OCCCCC. The van der Waals surface area contributed by atoms with E-state index in [1.807, 2.05) is 0 Å². The summed E-state index contributed by atoms with van der Waals surface area (Å²) in [6.07, 6.45) is 22.6. The quantitative estimate of drug-likeness (QED) is 0.160. The third-order valence-electron chi connectivity index (χ3n) is 5.39. The molecule has 0 spiro atoms. The first-order valence-electron chi connectivity index (χ1n) is 11.9. The van der Waals surface area contributed by atoms with E-state index in [9.17, 15) is 4.79 Å². The molecule has 0 rings (SSSR count). The zero-order chi connectivity index (χ0) is 19.3. The van der Waals surface area contributed by atoms with E-state index in [4.69, 9.17) is 4.74 Å². The van der Waals surface area contributed by atoms with Crippen LogP contribution in [0.4, 0.5) is 0 Å². The zero-order valence-corrected chi connectivity index (χ0v) is 18.3. The van der Waals surface area contributed by atoms with E-state index >= 15 is 0 Å². The second kappa shape index (κ2) is 20.8. The number of rotatable bonds is 20. The fourth-order valence-corrected chi connectivity index (χ4v) is 3.54. The maximum absolute atomic E-state index is 12.4. The Hall–Kier alpha value is -0.530. The second-order valence-electron chi connectivity index (χ2n) is 8.04. The predicted octanol–water partition coefficient (Wildman–Crippen LogP) is 8.23. The van der Waals surface area contributed by atoms with Crippen molar-refractivity contribution < 1.29 is 9.53 Å². The van der Waals surface area contributed by atoms with Crippen molar-refractivity contribution in [1.29, 1.82) is 0 Å². The topological polar surface area (TPSA) is 26.3 Å². The number of carbonyl (C=O) groups is 1. The van der Waals surface area contributed by atoms with E-state index in [-0.39, 0.29) is 11.9 Å². The van der Waals surface area contributed by atoms with E-state index in [2.05, 4.69) is 20.8 Å². The summed E-state index contributed by atoms with van der Waals surface area (Å²) in [6, 6.07) is 0. The van der Waals surface area contributed by atoms with E-state index in [1.165, 1.54) is 89.9 Å². The first-order chi connectivity index (χ1) is 12.8. The highest BCUT2D eigenvalue weighted by Crippen LogP contribution is 2.20. The van der Waals surface area contributed by atoms with Gasteiger partial charge in [-0.3, -0.25) is 4.79 Å². The van der Waals surface area contributed by atoms with Crippen LogP contribution in [0.15, 0.2) is 0 Å². The number of unbranched alkanes of at least 4 members (excludes halogenated alkanes) is 13. The Kier molecular flexibility index (Phi) is 20.4. The van der Waals surface area contributed by atoms with Crippen LogP contribution in [0.5, 0.6) is 0 Å². The van der Waals surface area contributed by atoms with Crippen LogP contribution in [-0.4, -0.2) is 12.6 Å². The van der Waals surface area contributed by atoms with E-state index in [1.54, 1.807) is 0 Å². The van der Waals surface area contributed by atoms with Crippen molar-refractivity contribution in [1.82, 2.24) is 0 Å². The minimum atomic E-state index is 0.0770. The van der Waals surface area contributed by atoms with Gasteiger partial charge in [0, 0.05) is 0 Å². The standard InChI is InChI=1S/C24H48O2/c1-4-7-10-11-12-13-14-15-16-18-21-23(20-17-8-5-2)24(25)26-22-19-9-6-3/h23H,4-22H2,1-3H3. The third kappa shape index (κ3) is 16.9. The molecule has 26 heavy (non-hydrogen) atoms. The zero-order valence-electron chi connectivity index (χ0n) is 18.3. The number of hydrogen-bond acceptors (Lipinski definition) is 2. The van der Waals surface area contributed by atoms with Crippen LogP contribution in [-0.2, 0) is 9.53 Å². The average molecular weight is 369 g/mol. The second-order valence-corrected chi connectivity index (χ2v) is 8.04. The van der Waals surface area contributed by atoms with Crippen molar-refractivity contribution in [3.05, 3.63) is 0 Å². The highest BCUT2D eigenvalue weighted by Gasteiger charge is 2.19. The molecule has 0 aromatic heterocycles. The van der Waals surface area contributed by atoms with Gasteiger partial charge in [0.2, 0.25) is 0 Å². The average Bonchev–Trinajstić information content (AvgIpc) is 2.65. The monoisotopic (exact) mass is 368 g/mol. The molecule has 0 amide bonds. The molecule has 0 bridgehead atoms. The minimum absolute atomic E-state index is 0.0770. The third-order valence-corrected chi connectivity index (χ3v) is 5.39. The molecule has 0 radical (unpaired) electrons. The van der Waals surface area contributed by atoms with Gasteiger partial charge >= 0.3 is 5.97 Å². The summed E-state index contributed by atoms with van der Waals surface area (Å²) in [4.78, 5) is 12.4. The molecule has 0 aliphatic rings. The molecule has 0 aromatic carbocycles. The first kappa shape index (κ1) is 25.5. The lowest BCUT2D eigenvalue weighted by Gasteiger charge is -2.16. The Morgan fingerprint density at radius 2 is 0.962 bits per heavy atom. The van der Waals surface area contributed by atoms with Crippen LogP contribution < -0.4 is 0 Å². The van der Waals surface area contributed by atoms with Gasteiger partial charge in [0.1, 0.15) is 0 Å². The van der Waals surface area contributed by atoms with E-state index < -0.39 is 0 Å². The van der Waals surface area contributed by atoms with Crippen molar-refractivity contribution in [2.75, 3.05) is 6.61 Å². The summed E-state index contributed by atoms with van der Waals surface area (Å²) in [5.41, 5.74) is 0. The summed E-state index contributed by atoms with van der Waals surface area (Å²) in [5.74, 6) is 0.227. The fourth-order valence-electron chi connectivity index (χ4n) is 3.54. The van der Waals surface area contributed by atoms with Crippen LogP contribution in [0.2, 0.25) is 0 Å². The molecule has 1 atom stereocenters. The molecule has 0 aliphatic carbocycles. The summed E-state index contributed by atoms with van der Waals surface area (Å²) in [5, 5.41) is 0. The van der Waals surface area contributed by atoms with Gasteiger partial charge in [-0.2, -0.15) is 0 Å². The normalized spacial score (nSPS) is 12.3. The van der Waals surface area contributed by atoms with Crippen LogP contribution in [0.1, 0.15) is 136 Å². The van der Waals surface area contributed by atoms with Crippen LogP contribution >= 0.6 is 0 Å². The molecule has 0 N–H and O–H groups in total. The lowest BCUT2D eigenvalue weighted by molar-refractivity contribution is -0.149. The van der Waals surface area contributed by atoms with Gasteiger partial charge in [0.15, 0.2) is 0 Å². The fraction of sp³-hybridized carbons (Fsp3) is 0.958. The number of ether oxygens (including phenoxy) is 1. The number of hydrogen-bond donors (Lipinski definition) is 0. The maximum Gasteiger partial charge on any atom is 0.308 e. The van der Waals surface area contributed by atoms with Gasteiger partial charge in [-0.15, -0.1) is 0 Å². The van der Waals surface area contributed by atoms with Crippen molar-refractivity contribution in [3.8, 4) is 0 Å². The molecule has 0 fully saturated rings. The first-order valence-corrected chi connectivity index (χ1v) is 11.9. The van der Waals surface area contributed by atoms with Crippen LogP contribution in [0.25, 0.3) is 0 Å². The highest BCUT2D eigenvalue weighted by atomic mass is 16.5. The summed E-state index contributed by atoms with van der Waals surface area (Å²) in [6.45, 7) is 7.30. The van der Waals surface area contributed by atoms with E-state index in [0.29, 0.717) is 6.61 Å². The highest BCUT2D eigenvalue weighted by molar-refractivity contribution is 5.72. The molecule has 2 heteroatoms. The summed E-state index contributed by atoms with van der Waals surface area (Å²) < 4.78 is 5.54. The van der Waals surface area contributed by atoms with Gasteiger partial charge in [0.05, 0.1) is 12.5 Å². The summed E-state index contributed by atoms with van der Waals surface area (Å²) in [7, 11) is 0. The Morgan fingerprint density at radius 1 is 0.577 bits per heavy atom. The predicted molar refractivity (Wildman–Crippen MR) is 115 cm³/mol. The Bertz CT molecular complexity index is 288. The van der Waals surface area contributed by atoms with Crippen molar-refractivity contribution in [2.24, 2.45) is 5.92 Å². The number of carbonyl (C=O) groups excluding carboxylic acids is 1. The smallest absolute Gasteiger partial charge is 0.308 e. The molecule has 2 nitrogen and oxygen atoms in total. The minimum Gasteiger partial charge on any atom is -0.465 e. The molecule has 0 heterocycles. The lowest BCUT2D eigenvalue weighted by atomic mass is 9.94. The Balaban J connectivity index is 3.80. The Labute approximate surface area is 164 Å². The van der Waals surface area contributed by atoms with Gasteiger partial charge in [-0.05, 0) is 19.3 Å². The molecular weight excluding hydrogens is 320 g/mol. The van der Waals surface area contributed by atoms with Crippen LogP contribution in [0, 0.1) is 5.92 Å². The maximum atomic E-state index is 12.4.